The molecule has 122 valence electrons. The predicted octanol–water partition coefficient (Wildman–Crippen LogP) is 0.945. The maximum atomic E-state index is 12.5. The molecule has 0 heterocycles. The van der Waals surface area contributed by atoms with Crippen LogP contribution in [0.25, 0.3) is 0 Å². The number of rotatable bonds is 7. The predicted molar refractivity (Wildman–Crippen MR) is 76.3 cm³/mol. The molecule has 1 unspecified atom stereocenters. The quantitative estimate of drug-likeness (QED) is 0.581. The van der Waals surface area contributed by atoms with Crippen LogP contribution in [-0.4, -0.2) is 49.4 Å². The first kappa shape index (κ1) is 17.9. The van der Waals surface area contributed by atoms with Crippen molar-refractivity contribution in [3.63, 3.8) is 0 Å². The second-order valence-corrected chi connectivity index (χ2v) is 6.63. The van der Waals surface area contributed by atoms with Crippen molar-refractivity contribution in [2.24, 2.45) is 5.92 Å². The highest BCUT2D eigenvalue weighted by atomic mass is 32.2. The molecule has 0 spiro atoms. The summed E-state index contributed by atoms with van der Waals surface area (Å²) < 4.78 is 30.7. The molecule has 0 saturated carbocycles. The van der Waals surface area contributed by atoms with Crippen LogP contribution in [0, 0.1) is 16.0 Å². The van der Waals surface area contributed by atoms with Crippen LogP contribution in [0.5, 0.6) is 5.75 Å². The zero-order chi connectivity index (χ0) is 17.1. The number of carboxylic acid groups (broad SMARTS) is 1. The van der Waals surface area contributed by atoms with Gasteiger partial charge in [0.05, 0.1) is 18.0 Å². The van der Waals surface area contributed by atoms with Crippen LogP contribution >= 0.6 is 0 Å². The number of hydrogen-bond donors (Lipinski definition) is 1. The van der Waals surface area contributed by atoms with Crippen molar-refractivity contribution in [1.82, 2.24) is 4.31 Å². The third-order valence-corrected chi connectivity index (χ3v) is 4.84. The summed E-state index contributed by atoms with van der Waals surface area (Å²) in [6, 6.07) is 3.19. The van der Waals surface area contributed by atoms with Gasteiger partial charge in [-0.3, -0.25) is 14.9 Å². The van der Waals surface area contributed by atoms with E-state index in [0.717, 1.165) is 16.4 Å². The number of non-ortho nitro benzene ring substituents is 1. The minimum absolute atomic E-state index is 0.0552. The van der Waals surface area contributed by atoms with E-state index in [-0.39, 0.29) is 17.2 Å². The molecule has 0 fully saturated rings. The maximum absolute atomic E-state index is 12.5. The van der Waals surface area contributed by atoms with E-state index in [9.17, 15) is 23.3 Å². The number of carbonyl (C=O) groups is 1. The van der Waals surface area contributed by atoms with E-state index in [1.807, 2.05) is 0 Å². The fraction of sp³-hybridized carbons (Fsp3) is 0.417. The lowest BCUT2D eigenvalue weighted by molar-refractivity contribution is -0.385. The molecule has 1 atom stereocenters. The smallest absolute Gasteiger partial charge is 0.307 e. The third kappa shape index (κ3) is 3.71. The molecule has 0 aliphatic rings. The highest BCUT2D eigenvalue weighted by molar-refractivity contribution is 7.89. The monoisotopic (exact) mass is 332 g/mol. The van der Waals surface area contributed by atoms with Crippen LogP contribution in [-0.2, 0) is 14.8 Å². The SMILES string of the molecule is COc1ccc([N+](=O)[O-])cc1S(=O)(=O)N(C)CC(C)C(=O)O. The highest BCUT2D eigenvalue weighted by Gasteiger charge is 2.29. The summed E-state index contributed by atoms with van der Waals surface area (Å²) in [6.45, 7) is 1.09. The Labute approximate surface area is 127 Å². The number of benzene rings is 1. The molecule has 1 rings (SSSR count). The lowest BCUT2D eigenvalue weighted by Crippen LogP contribution is -2.34. The second kappa shape index (κ2) is 6.71. The zero-order valence-corrected chi connectivity index (χ0v) is 13.0. The Bertz CT molecular complexity index is 687. The first-order valence-corrected chi connectivity index (χ1v) is 7.56. The fourth-order valence-corrected chi connectivity index (χ4v) is 3.14. The zero-order valence-electron chi connectivity index (χ0n) is 12.2. The van der Waals surface area contributed by atoms with Gasteiger partial charge >= 0.3 is 5.97 Å². The van der Waals surface area contributed by atoms with Gasteiger partial charge in [-0.2, -0.15) is 4.31 Å². The average Bonchev–Trinajstić information content (AvgIpc) is 2.45. The number of sulfonamides is 1. The summed E-state index contributed by atoms with van der Waals surface area (Å²) in [5, 5.41) is 19.6. The van der Waals surface area contributed by atoms with Gasteiger partial charge in [-0.15, -0.1) is 0 Å². The number of aliphatic carboxylic acids is 1. The van der Waals surface area contributed by atoms with Gasteiger partial charge in [0.15, 0.2) is 0 Å². The van der Waals surface area contributed by atoms with Crippen molar-refractivity contribution in [3.8, 4) is 5.75 Å². The topological polar surface area (TPSA) is 127 Å². The Balaban J connectivity index is 3.28. The normalized spacial score (nSPS) is 12.9. The molecule has 1 N–H and O–H groups in total. The van der Waals surface area contributed by atoms with E-state index in [1.54, 1.807) is 0 Å². The van der Waals surface area contributed by atoms with Gasteiger partial charge in [0.25, 0.3) is 5.69 Å². The fourth-order valence-electron chi connectivity index (χ4n) is 1.71. The lowest BCUT2D eigenvalue weighted by Gasteiger charge is -2.20. The van der Waals surface area contributed by atoms with Crippen LogP contribution in [0.1, 0.15) is 6.92 Å². The van der Waals surface area contributed by atoms with Gasteiger partial charge in [-0.1, -0.05) is 6.92 Å². The molecule has 9 nitrogen and oxygen atoms in total. The second-order valence-electron chi connectivity index (χ2n) is 4.62. The van der Waals surface area contributed by atoms with Gasteiger partial charge in [-0.05, 0) is 6.07 Å². The molecule has 0 aliphatic carbocycles. The van der Waals surface area contributed by atoms with Crippen molar-refractivity contribution in [2.45, 2.75) is 11.8 Å². The summed E-state index contributed by atoms with van der Waals surface area (Å²) in [5.74, 6) is -2.13. The summed E-state index contributed by atoms with van der Waals surface area (Å²) in [5.41, 5.74) is -0.404. The number of nitro groups is 1. The van der Waals surface area contributed by atoms with Crippen molar-refractivity contribution in [1.29, 1.82) is 0 Å². The van der Waals surface area contributed by atoms with Crippen molar-refractivity contribution >= 4 is 21.7 Å². The van der Waals surface area contributed by atoms with Crippen LogP contribution in [0.15, 0.2) is 23.1 Å². The molecule has 0 radical (unpaired) electrons. The molecule has 22 heavy (non-hydrogen) atoms. The number of methoxy groups -OCH3 is 1. The average molecular weight is 332 g/mol. The van der Waals surface area contributed by atoms with Gasteiger partial charge in [-0.25, -0.2) is 8.42 Å². The minimum atomic E-state index is -4.13. The van der Waals surface area contributed by atoms with Crippen LogP contribution in [0.2, 0.25) is 0 Å². The summed E-state index contributed by atoms with van der Waals surface area (Å²) in [4.78, 5) is 20.5. The van der Waals surface area contributed by atoms with Gasteiger partial charge in [0.1, 0.15) is 10.6 Å². The molecule has 1 aromatic rings. The number of ether oxygens (including phenoxy) is 1. The molecule has 0 saturated heterocycles. The molecule has 0 aromatic heterocycles. The molecule has 0 bridgehead atoms. The Hall–Kier alpha value is -2.20. The summed E-state index contributed by atoms with van der Waals surface area (Å²) in [6.07, 6.45) is 0. The number of carboxylic acids is 1. The first-order chi connectivity index (χ1) is 10.1. The van der Waals surface area contributed by atoms with E-state index in [2.05, 4.69) is 0 Å². The Morgan fingerprint density at radius 2 is 2.09 bits per heavy atom. The van der Waals surface area contributed by atoms with Crippen LogP contribution in [0.4, 0.5) is 5.69 Å². The lowest BCUT2D eigenvalue weighted by atomic mass is 10.2. The Kier molecular flexibility index (Phi) is 5.44. The van der Waals surface area contributed by atoms with Crippen molar-refractivity contribution in [3.05, 3.63) is 28.3 Å². The summed E-state index contributed by atoms with van der Waals surface area (Å²) >= 11 is 0. The van der Waals surface area contributed by atoms with Gasteiger partial charge in [0.2, 0.25) is 10.0 Å². The Morgan fingerprint density at radius 1 is 1.50 bits per heavy atom. The standard InChI is InChI=1S/C12H16N2O7S/c1-8(12(15)16)7-13(2)22(19,20)11-6-9(14(17)18)4-5-10(11)21-3/h4-6,8H,7H2,1-3H3,(H,15,16). The van der Waals surface area contributed by atoms with E-state index < -0.39 is 32.5 Å². The van der Waals surface area contributed by atoms with Crippen LogP contribution < -0.4 is 4.74 Å². The molecule has 0 amide bonds. The minimum Gasteiger partial charge on any atom is -0.495 e. The third-order valence-electron chi connectivity index (χ3n) is 3.00. The summed E-state index contributed by atoms with van der Waals surface area (Å²) in [7, 11) is -1.69. The maximum Gasteiger partial charge on any atom is 0.307 e. The molecule has 10 heteroatoms. The molecule has 0 aliphatic heterocycles. The number of nitrogens with zero attached hydrogens (tertiary/aromatic N) is 2. The van der Waals surface area contributed by atoms with Crippen molar-refractivity contribution < 1.29 is 28.0 Å². The first-order valence-electron chi connectivity index (χ1n) is 6.12. The van der Waals surface area contributed by atoms with E-state index in [0.29, 0.717) is 0 Å². The van der Waals surface area contributed by atoms with E-state index >= 15 is 0 Å². The largest absolute Gasteiger partial charge is 0.495 e. The van der Waals surface area contributed by atoms with Gasteiger partial charge < -0.3 is 9.84 Å². The number of hydrogen-bond acceptors (Lipinski definition) is 6. The number of nitro benzene ring substituents is 1. The van der Waals surface area contributed by atoms with Crippen LogP contribution in [0.3, 0.4) is 0 Å². The Morgan fingerprint density at radius 3 is 2.55 bits per heavy atom. The highest BCUT2D eigenvalue weighted by Crippen LogP contribution is 2.30. The van der Waals surface area contributed by atoms with E-state index in [1.165, 1.54) is 27.1 Å². The van der Waals surface area contributed by atoms with E-state index in [4.69, 9.17) is 9.84 Å². The van der Waals surface area contributed by atoms with Gasteiger partial charge in [0, 0.05) is 25.7 Å². The molecular formula is C12H16N2O7S. The molecule has 1 aromatic carbocycles. The van der Waals surface area contributed by atoms with Crippen molar-refractivity contribution in [2.75, 3.05) is 20.7 Å². The molecular weight excluding hydrogens is 316 g/mol.